The van der Waals surface area contributed by atoms with Crippen molar-refractivity contribution in [3.8, 4) is 12.1 Å². The van der Waals surface area contributed by atoms with Crippen molar-refractivity contribution in [1.29, 1.82) is 10.5 Å². The van der Waals surface area contributed by atoms with Gasteiger partial charge in [0.15, 0.2) is 0 Å². The Bertz CT molecular complexity index is 850. The summed E-state index contributed by atoms with van der Waals surface area (Å²) in [6.45, 7) is 8.50. The second-order valence-electron chi connectivity index (χ2n) is 8.08. The molecule has 2 nitrogen and oxygen atoms in total. The van der Waals surface area contributed by atoms with Crippen LogP contribution < -0.4 is 0 Å². The smallest absolute Gasteiger partial charge is 0.0995 e. The Morgan fingerprint density at radius 1 is 0.808 bits per heavy atom. The van der Waals surface area contributed by atoms with Crippen molar-refractivity contribution in [1.82, 2.24) is 0 Å². The van der Waals surface area contributed by atoms with E-state index >= 15 is 0 Å². The molecule has 0 spiro atoms. The molecule has 1 saturated carbocycles. The normalized spacial score (nSPS) is 15.4. The fourth-order valence-corrected chi connectivity index (χ4v) is 4.20. The molecule has 0 radical (unpaired) electrons. The first kappa shape index (κ1) is 18.2. The average Bonchev–Trinajstić information content (AvgIpc) is 2.60. The van der Waals surface area contributed by atoms with Gasteiger partial charge >= 0.3 is 0 Å². The third kappa shape index (κ3) is 2.91. The minimum atomic E-state index is -0.0534. The van der Waals surface area contributed by atoms with Crippen molar-refractivity contribution >= 4 is 0 Å². The van der Waals surface area contributed by atoms with Gasteiger partial charge in [0, 0.05) is 5.41 Å². The van der Waals surface area contributed by atoms with Crippen LogP contribution in [0.15, 0.2) is 36.4 Å². The second-order valence-corrected chi connectivity index (χ2v) is 8.08. The zero-order chi connectivity index (χ0) is 18.9. The molecule has 0 amide bonds. The van der Waals surface area contributed by atoms with Gasteiger partial charge in [-0.2, -0.15) is 10.5 Å². The highest BCUT2D eigenvalue weighted by Gasteiger charge is 2.41. The molecular formula is C24H26N2. The van der Waals surface area contributed by atoms with E-state index in [9.17, 15) is 10.5 Å². The van der Waals surface area contributed by atoms with Crippen LogP contribution in [-0.2, 0) is 5.41 Å². The molecular weight excluding hydrogens is 316 g/mol. The van der Waals surface area contributed by atoms with Crippen LogP contribution >= 0.6 is 0 Å². The molecule has 0 aliphatic heterocycles. The van der Waals surface area contributed by atoms with Crippen LogP contribution in [0.2, 0.25) is 0 Å². The lowest BCUT2D eigenvalue weighted by Gasteiger charge is -2.43. The van der Waals surface area contributed by atoms with Gasteiger partial charge in [-0.15, -0.1) is 0 Å². The zero-order valence-corrected chi connectivity index (χ0v) is 16.1. The van der Waals surface area contributed by atoms with Crippen molar-refractivity contribution in [2.75, 3.05) is 0 Å². The minimum Gasteiger partial charge on any atom is -0.192 e. The Kier molecular flexibility index (Phi) is 4.88. The van der Waals surface area contributed by atoms with E-state index in [0.29, 0.717) is 17.0 Å². The number of nitriles is 2. The van der Waals surface area contributed by atoms with E-state index in [1.54, 1.807) is 0 Å². The molecule has 1 aliphatic carbocycles. The van der Waals surface area contributed by atoms with E-state index in [2.05, 4.69) is 50.3 Å². The summed E-state index contributed by atoms with van der Waals surface area (Å²) in [6.07, 6.45) is 3.33. The Hall–Kier alpha value is -2.58. The van der Waals surface area contributed by atoms with E-state index in [-0.39, 0.29) is 11.3 Å². The molecule has 1 aliphatic rings. The standard InChI is InChI=1S/C24H26N2/c1-16(2)18-6-8-21(9-7-18)24(10-5-11-24)22-12-19(14-25)23(17(3)4)20(13-22)15-26/h6-9,12-13,16-17H,5,10-11H2,1-4H3. The quantitative estimate of drug-likeness (QED) is 0.669. The lowest BCUT2D eigenvalue weighted by Crippen LogP contribution is -2.35. The molecule has 0 atom stereocenters. The minimum absolute atomic E-state index is 0.0534. The predicted octanol–water partition coefficient (Wildman–Crippen LogP) is 6.15. The third-order valence-electron chi connectivity index (χ3n) is 5.89. The van der Waals surface area contributed by atoms with E-state index < -0.39 is 0 Å². The fourth-order valence-electron chi connectivity index (χ4n) is 4.20. The molecule has 2 heteroatoms. The molecule has 0 saturated heterocycles. The van der Waals surface area contributed by atoms with Crippen LogP contribution in [0, 0.1) is 22.7 Å². The van der Waals surface area contributed by atoms with Crippen LogP contribution in [0.25, 0.3) is 0 Å². The van der Waals surface area contributed by atoms with Gasteiger partial charge < -0.3 is 0 Å². The molecule has 26 heavy (non-hydrogen) atoms. The Morgan fingerprint density at radius 3 is 1.69 bits per heavy atom. The molecule has 132 valence electrons. The highest BCUT2D eigenvalue weighted by molar-refractivity contribution is 5.56. The topological polar surface area (TPSA) is 47.6 Å². The first-order valence-corrected chi connectivity index (χ1v) is 9.52. The SMILES string of the molecule is CC(C)c1ccc(C2(c3cc(C#N)c(C(C)C)c(C#N)c3)CCC2)cc1. The highest BCUT2D eigenvalue weighted by Crippen LogP contribution is 2.50. The van der Waals surface area contributed by atoms with Gasteiger partial charge in [0.05, 0.1) is 23.3 Å². The monoisotopic (exact) mass is 342 g/mol. The Balaban J connectivity index is 2.14. The van der Waals surface area contributed by atoms with Crippen LogP contribution in [0.5, 0.6) is 0 Å². The molecule has 0 bridgehead atoms. The molecule has 0 unspecified atom stereocenters. The Morgan fingerprint density at radius 2 is 1.35 bits per heavy atom. The maximum Gasteiger partial charge on any atom is 0.0995 e. The number of hydrogen-bond donors (Lipinski definition) is 0. The molecule has 2 aromatic rings. The van der Waals surface area contributed by atoms with Gasteiger partial charge in [-0.05, 0) is 59.1 Å². The lowest BCUT2D eigenvalue weighted by atomic mass is 9.60. The largest absolute Gasteiger partial charge is 0.192 e. The van der Waals surface area contributed by atoms with Crippen LogP contribution in [0.1, 0.15) is 92.2 Å². The molecule has 3 rings (SSSR count). The van der Waals surface area contributed by atoms with Gasteiger partial charge in [-0.1, -0.05) is 58.4 Å². The van der Waals surface area contributed by atoms with Crippen molar-refractivity contribution in [3.63, 3.8) is 0 Å². The number of hydrogen-bond acceptors (Lipinski definition) is 2. The maximum absolute atomic E-state index is 9.68. The van der Waals surface area contributed by atoms with Crippen LogP contribution in [-0.4, -0.2) is 0 Å². The number of rotatable bonds is 4. The number of benzene rings is 2. The van der Waals surface area contributed by atoms with Gasteiger partial charge in [0.25, 0.3) is 0 Å². The zero-order valence-electron chi connectivity index (χ0n) is 16.1. The van der Waals surface area contributed by atoms with Crippen molar-refractivity contribution in [3.05, 3.63) is 69.8 Å². The molecule has 0 heterocycles. The summed E-state index contributed by atoms with van der Waals surface area (Å²) in [5.41, 5.74) is 5.90. The summed E-state index contributed by atoms with van der Waals surface area (Å²) >= 11 is 0. The third-order valence-corrected chi connectivity index (χ3v) is 5.89. The molecule has 1 fully saturated rings. The summed E-state index contributed by atoms with van der Waals surface area (Å²) < 4.78 is 0. The molecule has 0 N–H and O–H groups in total. The first-order valence-electron chi connectivity index (χ1n) is 9.52. The van der Waals surface area contributed by atoms with Crippen molar-refractivity contribution in [2.24, 2.45) is 0 Å². The van der Waals surface area contributed by atoms with Crippen molar-refractivity contribution in [2.45, 2.75) is 64.2 Å². The van der Waals surface area contributed by atoms with E-state index in [0.717, 1.165) is 24.0 Å². The summed E-state index contributed by atoms with van der Waals surface area (Å²) in [7, 11) is 0. The molecule has 2 aromatic carbocycles. The van der Waals surface area contributed by atoms with Gasteiger partial charge in [-0.25, -0.2) is 0 Å². The van der Waals surface area contributed by atoms with E-state index in [1.807, 2.05) is 26.0 Å². The predicted molar refractivity (Wildman–Crippen MR) is 105 cm³/mol. The highest BCUT2D eigenvalue weighted by atomic mass is 14.4. The lowest BCUT2D eigenvalue weighted by molar-refractivity contribution is 0.301. The van der Waals surface area contributed by atoms with Crippen molar-refractivity contribution < 1.29 is 0 Å². The van der Waals surface area contributed by atoms with Crippen LogP contribution in [0.3, 0.4) is 0 Å². The van der Waals surface area contributed by atoms with Gasteiger partial charge in [0.1, 0.15) is 0 Å². The average molecular weight is 342 g/mol. The maximum atomic E-state index is 9.68. The second kappa shape index (κ2) is 6.97. The first-order chi connectivity index (χ1) is 12.4. The van der Waals surface area contributed by atoms with E-state index in [4.69, 9.17) is 0 Å². The van der Waals surface area contributed by atoms with Gasteiger partial charge in [0.2, 0.25) is 0 Å². The Labute approximate surface area is 157 Å². The summed E-state index contributed by atoms with van der Waals surface area (Å²) in [5, 5.41) is 19.4. The number of nitrogens with zero attached hydrogens (tertiary/aromatic N) is 2. The van der Waals surface area contributed by atoms with E-state index in [1.165, 1.54) is 17.5 Å². The summed E-state index contributed by atoms with van der Waals surface area (Å²) in [5.74, 6) is 0.679. The fraction of sp³-hybridized carbons (Fsp3) is 0.417. The summed E-state index contributed by atoms with van der Waals surface area (Å²) in [6, 6.07) is 17.7. The molecule has 0 aromatic heterocycles. The van der Waals surface area contributed by atoms with Gasteiger partial charge in [-0.3, -0.25) is 0 Å². The summed E-state index contributed by atoms with van der Waals surface area (Å²) in [4.78, 5) is 0. The van der Waals surface area contributed by atoms with Crippen LogP contribution in [0.4, 0.5) is 0 Å².